The Bertz CT molecular complexity index is 484. The van der Waals surface area contributed by atoms with Crippen molar-refractivity contribution in [2.45, 2.75) is 13.8 Å². The van der Waals surface area contributed by atoms with Crippen molar-refractivity contribution in [3.63, 3.8) is 0 Å². The van der Waals surface area contributed by atoms with Gasteiger partial charge < -0.3 is 5.73 Å². The highest BCUT2D eigenvalue weighted by Crippen LogP contribution is 2.26. The van der Waals surface area contributed by atoms with Gasteiger partial charge in [0, 0.05) is 4.88 Å². The molecule has 0 aliphatic carbocycles. The Balaban J connectivity index is 2.55. The number of hydrogen-bond donors (Lipinski definition) is 1. The predicted molar refractivity (Wildman–Crippen MR) is 59.2 cm³/mol. The molecule has 0 saturated carbocycles. The zero-order chi connectivity index (χ0) is 11.0. The lowest BCUT2D eigenvalue weighted by Crippen LogP contribution is -2.02. The third kappa shape index (κ3) is 1.83. The Kier molecular flexibility index (Phi) is 2.40. The summed E-state index contributed by atoms with van der Waals surface area (Å²) in [7, 11) is 0. The molecule has 2 rings (SSSR count). The number of halogens is 1. The average Bonchev–Trinajstić information content (AvgIpc) is 2.60. The number of aryl methyl sites for hydroxylation is 2. The van der Waals surface area contributed by atoms with Gasteiger partial charge in [0.25, 0.3) is 0 Å². The van der Waals surface area contributed by atoms with Gasteiger partial charge in [-0.2, -0.15) is 0 Å². The first-order chi connectivity index (χ1) is 7.08. The lowest BCUT2D eigenvalue weighted by Gasteiger charge is -2.02. The van der Waals surface area contributed by atoms with Crippen LogP contribution in [0.5, 0.6) is 0 Å². The molecule has 3 nitrogen and oxygen atoms in total. The highest BCUT2D eigenvalue weighted by molar-refractivity contribution is 7.15. The molecule has 0 amide bonds. The van der Waals surface area contributed by atoms with Crippen LogP contribution >= 0.6 is 11.3 Å². The molecule has 0 atom stereocenters. The largest absolute Gasteiger partial charge is 0.381 e. The standard InChI is InChI=1S/C10H10FN3S/c1-5-3-4-7(15-5)10-13-6(2)8(11)9(12)14-10/h3-4H,1-2H3,(H2,12,13,14). The van der Waals surface area contributed by atoms with Crippen LogP contribution in [0.25, 0.3) is 10.7 Å². The van der Waals surface area contributed by atoms with E-state index >= 15 is 0 Å². The topological polar surface area (TPSA) is 51.8 Å². The zero-order valence-corrected chi connectivity index (χ0v) is 9.23. The summed E-state index contributed by atoms with van der Waals surface area (Å²) in [6.07, 6.45) is 0. The molecule has 78 valence electrons. The van der Waals surface area contributed by atoms with Crippen molar-refractivity contribution in [3.8, 4) is 10.7 Å². The summed E-state index contributed by atoms with van der Waals surface area (Å²) in [6.45, 7) is 3.57. The van der Waals surface area contributed by atoms with Crippen molar-refractivity contribution in [2.24, 2.45) is 0 Å². The molecule has 0 radical (unpaired) electrons. The van der Waals surface area contributed by atoms with Crippen molar-refractivity contribution >= 4 is 17.2 Å². The second-order valence-electron chi connectivity index (χ2n) is 3.24. The number of rotatable bonds is 1. The number of nitrogens with zero attached hydrogens (tertiary/aromatic N) is 2. The Labute approximate surface area is 90.8 Å². The molecule has 0 unspecified atom stereocenters. The van der Waals surface area contributed by atoms with Gasteiger partial charge in [-0.15, -0.1) is 11.3 Å². The molecule has 0 aromatic carbocycles. The number of nitrogens with two attached hydrogens (primary N) is 1. The van der Waals surface area contributed by atoms with Gasteiger partial charge in [0.15, 0.2) is 17.5 Å². The first-order valence-corrected chi connectivity index (χ1v) is 5.26. The molecule has 2 N–H and O–H groups in total. The van der Waals surface area contributed by atoms with Crippen LogP contribution in [0, 0.1) is 19.7 Å². The van der Waals surface area contributed by atoms with Crippen molar-refractivity contribution < 1.29 is 4.39 Å². The quantitative estimate of drug-likeness (QED) is 0.808. The fourth-order valence-corrected chi connectivity index (χ4v) is 2.05. The van der Waals surface area contributed by atoms with Crippen molar-refractivity contribution in [3.05, 3.63) is 28.5 Å². The van der Waals surface area contributed by atoms with Crippen LogP contribution < -0.4 is 5.73 Å². The number of hydrogen-bond acceptors (Lipinski definition) is 4. The van der Waals surface area contributed by atoms with E-state index in [4.69, 9.17) is 5.73 Å². The summed E-state index contributed by atoms with van der Waals surface area (Å²) in [5, 5.41) is 0. The number of thiophene rings is 1. The molecule has 2 aromatic heterocycles. The van der Waals surface area contributed by atoms with Gasteiger partial charge in [0.1, 0.15) is 0 Å². The molecule has 0 bridgehead atoms. The molecule has 2 aromatic rings. The molecule has 0 aliphatic heterocycles. The van der Waals surface area contributed by atoms with E-state index in [1.165, 1.54) is 0 Å². The van der Waals surface area contributed by atoms with Gasteiger partial charge in [-0.1, -0.05) is 0 Å². The normalized spacial score (nSPS) is 10.6. The van der Waals surface area contributed by atoms with Crippen LogP contribution in [0.2, 0.25) is 0 Å². The van der Waals surface area contributed by atoms with Gasteiger partial charge in [-0.3, -0.25) is 0 Å². The summed E-state index contributed by atoms with van der Waals surface area (Å²) in [5.41, 5.74) is 5.73. The maximum absolute atomic E-state index is 13.2. The molecule has 0 aliphatic rings. The number of anilines is 1. The minimum atomic E-state index is -0.535. The predicted octanol–water partition coefficient (Wildman–Crippen LogP) is 2.54. The molecule has 15 heavy (non-hydrogen) atoms. The summed E-state index contributed by atoms with van der Waals surface area (Å²) >= 11 is 1.56. The van der Waals surface area contributed by atoms with Gasteiger partial charge in [0.05, 0.1) is 10.6 Å². The first kappa shape index (κ1) is 10.0. The van der Waals surface area contributed by atoms with Crippen LogP contribution in [0.3, 0.4) is 0 Å². The molecular formula is C10H10FN3S. The maximum atomic E-state index is 13.2. The smallest absolute Gasteiger partial charge is 0.186 e. The fourth-order valence-electron chi connectivity index (χ4n) is 1.25. The molecule has 0 spiro atoms. The van der Waals surface area contributed by atoms with Gasteiger partial charge in [-0.25, -0.2) is 14.4 Å². The lowest BCUT2D eigenvalue weighted by atomic mass is 10.3. The van der Waals surface area contributed by atoms with Crippen molar-refractivity contribution in [2.75, 3.05) is 5.73 Å². The van der Waals surface area contributed by atoms with E-state index in [-0.39, 0.29) is 11.5 Å². The number of nitrogen functional groups attached to an aromatic ring is 1. The Hall–Kier alpha value is -1.49. The van der Waals surface area contributed by atoms with E-state index in [0.29, 0.717) is 5.82 Å². The molecule has 0 fully saturated rings. The Morgan fingerprint density at radius 3 is 2.53 bits per heavy atom. The Morgan fingerprint density at radius 1 is 1.27 bits per heavy atom. The van der Waals surface area contributed by atoms with E-state index < -0.39 is 5.82 Å². The van der Waals surface area contributed by atoms with Crippen molar-refractivity contribution in [1.82, 2.24) is 9.97 Å². The highest BCUT2D eigenvalue weighted by atomic mass is 32.1. The van der Waals surface area contributed by atoms with Crippen LogP contribution in [-0.4, -0.2) is 9.97 Å². The summed E-state index contributed by atoms with van der Waals surface area (Å²) < 4.78 is 13.2. The molecule has 2 heterocycles. The summed E-state index contributed by atoms with van der Waals surface area (Å²) in [4.78, 5) is 10.0. The van der Waals surface area contributed by atoms with Crippen LogP contribution in [-0.2, 0) is 0 Å². The second kappa shape index (κ2) is 3.58. The molecule has 0 saturated heterocycles. The fraction of sp³-hybridized carbons (Fsp3) is 0.200. The van der Waals surface area contributed by atoms with E-state index in [1.54, 1.807) is 18.3 Å². The lowest BCUT2D eigenvalue weighted by molar-refractivity contribution is 0.608. The van der Waals surface area contributed by atoms with Gasteiger partial charge in [-0.05, 0) is 26.0 Å². The average molecular weight is 223 g/mol. The zero-order valence-electron chi connectivity index (χ0n) is 8.41. The van der Waals surface area contributed by atoms with Crippen molar-refractivity contribution in [1.29, 1.82) is 0 Å². The molecule has 5 heteroatoms. The minimum absolute atomic E-state index is 0.0939. The van der Waals surface area contributed by atoms with Gasteiger partial charge >= 0.3 is 0 Å². The SMILES string of the molecule is Cc1ccc(-c2nc(C)c(F)c(N)n2)s1. The van der Waals surface area contributed by atoms with Crippen LogP contribution in [0.15, 0.2) is 12.1 Å². The van der Waals surface area contributed by atoms with E-state index in [1.807, 2.05) is 19.1 Å². The second-order valence-corrected chi connectivity index (χ2v) is 4.53. The first-order valence-electron chi connectivity index (χ1n) is 4.44. The maximum Gasteiger partial charge on any atom is 0.186 e. The Morgan fingerprint density at radius 2 is 2.00 bits per heavy atom. The van der Waals surface area contributed by atoms with Crippen LogP contribution in [0.1, 0.15) is 10.6 Å². The van der Waals surface area contributed by atoms with E-state index in [2.05, 4.69) is 9.97 Å². The molecular weight excluding hydrogens is 213 g/mol. The van der Waals surface area contributed by atoms with Gasteiger partial charge in [0.2, 0.25) is 0 Å². The van der Waals surface area contributed by atoms with E-state index in [9.17, 15) is 4.39 Å². The third-order valence-electron chi connectivity index (χ3n) is 2.00. The van der Waals surface area contributed by atoms with E-state index in [0.717, 1.165) is 9.75 Å². The number of aromatic nitrogens is 2. The third-order valence-corrected chi connectivity index (χ3v) is 3.00. The highest BCUT2D eigenvalue weighted by Gasteiger charge is 2.10. The minimum Gasteiger partial charge on any atom is -0.381 e. The summed E-state index contributed by atoms with van der Waals surface area (Å²) in [5.74, 6) is -0.139. The summed E-state index contributed by atoms with van der Waals surface area (Å²) in [6, 6.07) is 3.88. The van der Waals surface area contributed by atoms with Crippen LogP contribution in [0.4, 0.5) is 10.2 Å². The monoisotopic (exact) mass is 223 g/mol.